The Labute approximate surface area is 207 Å². The van der Waals surface area contributed by atoms with Crippen LogP contribution in [0.4, 0.5) is 10.5 Å². The number of carboxylic acids is 1. The van der Waals surface area contributed by atoms with E-state index in [-0.39, 0.29) is 35.2 Å². The zero-order chi connectivity index (χ0) is 24.6. The Balaban J connectivity index is 1.25. The number of anilines is 1. The first kappa shape index (κ1) is 22.9. The molecule has 0 atom stereocenters. The van der Waals surface area contributed by atoms with Crippen LogP contribution in [0.1, 0.15) is 46.7 Å². The molecule has 0 aliphatic heterocycles. The number of hydrogen-bond acceptors (Lipinski definition) is 4. The van der Waals surface area contributed by atoms with Crippen LogP contribution in [0.15, 0.2) is 66.7 Å². The second kappa shape index (κ2) is 9.07. The highest BCUT2D eigenvalue weighted by Crippen LogP contribution is 2.44. The predicted molar refractivity (Wildman–Crippen MR) is 132 cm³/mol. The molecular weight excluding hydrogens is 468 g/mol. The Kier molecular flexibility index (Phi) is 5.94. The highest BCUT2D eigenvalue weighted by atomic mass is 35.5. The Morgan fingerprint density at radius 3 is 2.20 bits per heavy atom. The minimum absolute atomic E-state index is 0.0790. The van der Waals surface area contributed by atoms with Gasteiger partial charge in [-0.3, -0.25) is 14.9 Å². The van der Waals surface area contributed by atoms with E-state index in [1.165, 1.54) is 18.2 Å². The Hall–Kier alpha value is -3.84. The number of benzene rings is 3. The number of ether oxygens (including phenoxy) is 1. The number of hydrogen-bond donors (Lipinski definition) is 3. The number of aliphatic carboxylic acids is 1. The number of fused-ring (bicyclic) bond motifs is 3. The van der Waals surface area contributed by atoms with Gasteiger partial charge in [0.25, 0.3) is 5.91 Å². The molecule has 1 saturated carbocycles. The molecule has 2 aliphatic rings. The second-order valence-corrected chi connectivity index (χ2v) is 9.36. The smallest absolute Gasteiger partial charge is 0.411 e. The summed E-state index contributed by atoms with van der Waals surface area (Å²) in [6.45, 7) is 0.148. The van der Waals surface area contributed by atoms with E-state index in [1.807, 2.05) is 36.4 Å². The van der Waals surface area contributed by atoms with Gasteiger partial charge in [0.15, 0.2) is 0 Å². The van der Waals surface area contributed by atoms with Crippen LogP contribution in [0.5, 0.6) is 0 Å². The van der Waals surface area contributed by atoms with Crippen LogP contribution in [0.2, 0.25) is 5.02 Å². The van der Waals surface area contributed by atoms with Crippen molar-refractivity contribution in [1.29, 1.82) is 0 Å². The highest BCUT2D eigenvalue weighted by molar-refractivity contribution is 6.33. The van der Waals surface area contributed by atoms with Gasteiger partial charge in [-0.1, -0.05) is 60.1 Å². The van der Waals surface area contributed by atoms with Crippen LogP contribution in [0, 0.1) is 0 Å². The number of nitrogens with one attached hydrogen (secondary N) is 2. The van der Waals surface area contributed by atoms with E-state index in [9.17, 15) is 14.4 Å². The molecule has 3 aromatic rings. The van der Waals surface area contributed by atoms with Crippen molar-refractivity contribution in [2.45, 2.75) is 30.7 Å². The lowest BCUT2D eigenvalue weighted by molar-refractivity contribution is -0.137. The maximum atomic E-state index is 12.7. The van der Waals surface area contributed by atoms with E-state index in [0.29, 0.717) is 12.8 Å². The van der Waals surface area contributed by atoms with Gasteiger partial charge in [-0.05, 0) is 53.3 Å². The molecule has 0 radical (unpaired) electrons. The molecule has 7 nitrogen and oxygen atoms in total. The van der Waals surface area contributed by atoms with Gasteiger partial charge in [0.05, 0.1) is 22.7 Å². The number of halogens is 1. The zero-order valence-electron chi connectivity index (χ0n) is 18.7. The first-order valence-electron chi connectivity index (χ1n) is 11.3. The molecule has 2 amide bonds. The van der Waals surface area contributed by atoms with Crippen LogP contribution >= 0.6 is 11.6 Å². The molecule has 5 rings (SSSR count). The van der Waals surface area contributed by atoms with E-state index < -0.39 is 23.5 Å². The molecule has 2 aliphatic carbocycles. The standard InChI is InChI=1S/C27H23ClN2O5/c28-22-10-9-16(25(33)30-27(11-12-27)14-24(31)32)13-23(22)29-26(34)35-15-21-19-7-3-1-5-17(19)18-6-2-4-8-20(18)21/h1-10,13,21H,11-12,14-15H2,(H,29,34)(H,30,33)(H,31,32). The summed E-state index contributed by atoms with van der Waals surface area (Å²) >= 11 is 6.24. The second-order valence-electron chi connectivity index (χ2n) is 8.95. The fourth-order valence-electron chi connectivity index (χ4n) is 4.61. The molecule has 35 heavy (non-hydrogen) atoms. The predicted octanol–water partition coefficient (Wildman–Crippen LogP) is 5.44. The minimum Gasteiger partial charge on any atom is -0.481 e. The van der Waals surface area contributed by atoms with Gasteiger partial charge in [-0.15, -0.1) is 0 Å². The van der Waals surface area contributed by atoms with E-state index in [1.54, 1.807) is 0 Å². The van der Waals surface area contributed by atoms with Gasteiger partial charge in [0, 0.05) is 11.5 Å². The van der Waals surface area contributed by atoms with Gasteiger partial charge in [0.1, 0.15) is 6.61 Å². The summed E-state index contributed by atoms with van der Waals surface area (Å²) in [6, 6.07) is 20.6. The molecule has 0 spiro atoms. The lowest BCUT2D eigenvalue weighted by Crippen LogP contribution is -2.38. The molecule has 178 valence electrons. The lowest BCUT2D eigenvalue weighted by atomic mass is 9.98. The summed E-state index contributed by atoms with van der Waals surface area (Å²) < 4.78 is 5.56. The van der Waals surface area contributed by atoms with Gasteiger partial charge in [-0.2, -0.15) is 0 Å². The largest absolute Gasteiger partial charge is 0.481 e. The molecule has 8 heteroatoms. The molecule has 0 unspecified atom stereocenters. The van der Waals surface area contributed by atoms with Crippen molar-refractivity contribution in [1.82, 2.24) is 5.32 Å². The molecular formula is C27H23ClN2O5. The van der Waals surface area contributed by atoms with Crippen molar-refractivity contribution >= 4 is 35.3 Å². The SMILES string of the molecule is O=C(O)CC1(NC(=O)c2ccc(Cl)c(NC(=O)OCC3c4ccccc4-c4ccccc43)c2)CC1. The third-order valence-corrected chi connectivity index (χ3v) is 6.86. The van der Waals surface area contributed by atoms with Gasteiger partial charge >= 0.3 is 12.1 Å². The van der Waals surface area contributed by atoms with Crippen molar-refractivity contribution in [3.8, 4) is 11.1 Å². The van der Waals surface area contributed by atoms with E-state index in [0.717, 1.165) is 22.3 Å². The number of amides is 2. The van der Waals surface area contributed by atoms with Gasteiger partial charge in [0.2, 0.25) is 0 Å². The van der Waals surface area contributed by atoms with Crippen molar-refractivity contribution in [2.75, 3.05) is 11.9 Å². The van der Waals surface area contributed by atoms with E-state index in [4.69, 9.17) is 21.4 Å². The molecule has 0 heterocycles. The van der Waals surface area contributed by atoms with Gasteiger partial charge in [-0.25, -0.2) is 4.79 Å². The molecule has 3 N–H and O–H groups in total. The molecule has 0 aromatic heterocycles. The number of rotatable bonds is 7. The monoisotopic (exact) mass is 490 g/mol. The Bertz CT molecular complexity index is 1290. The first-order valence-corrected chi connectivity index (χ1v) is 11.7. The van der Waals surface area contributed by atoms with E-state index in [2.05, 4.69) is 22.8 Å². The third-order valence-electron chi connectivity index (χ3n) is 6.53. The van der Waals surface area contributed by atoms with Crippen molar-refractivity contribution < 1.29 is 24.2 Å². The fourth-order valence-corrected chi connectivity index (χ4v) is 4.77. The average Bonchev–Trinajstić information content (AvgIpc) is 3.50. The molecule has 0 saturated heterocycles. The summed E-state index contributed by atoms with van der Waals surface area (Å²) in [5.41, 5.74) is 4.27. The van der Waals surface area contributed by atoms with Crippen molar-refractivity contribution in [2.24, 2.45) is 0 Å². The van der Waals surface area contributed by atoms with Crippen LogP contribution < -0.4 is 10.6 Å². The minimum atomic E-state index is -0.962. The Morgan fingerprint density at radius 1 is 0.971 bits per heavy atom. The van der Waals surface area contributed by atoms with Crippen LogP contribution in [0.3, 0.4) is 0 Å². The maximum absolute atomic E-state index is 12.7. The third kappa shape index (κ3) is 4.72. The van der Waals surface area contributed by atoms with Crippen LogP contribution in [0.25, 0.3) is 11.1 Å². The highest BCUT2D eigenvalue weighted by Gasteiger charge is 2.46. The average molecular weight is 491 g/mol. The fraction of sp³-hybridized carbons (Fsp3) is 0.222. The summed E-state index contributed by atoms with van der Waals surface area (Å²) in [7, 11) is 0. The molecule has 3 aromatic carbocycles. The number of carbonyl (C=O) groups excluding carboxylic acids is 2. The summed E-state index contributed by atoms with van der Waals surface area (Å²) in [4.78, 5) is 36.4. The van der Waals surface area contributed by atoms with Crippen LogP contribution in [-0.4, -0.2) is 35.2 Å². The van der Waals surface area contributed by atoms with Crippen molar-refractivity contribution in [3.63, 3.8) is 0 Å². The van der Waals surface area contributed by atoms with Crippen molar-refractivity contribution in [3.05, 3.63) is 88.4 Å². The zero-order valence-corrected chi connectivity index (χ0v) is 19.5. The summed E-state index contributed by atoms with van der Waals surface area (Å²) in [5, 5.41) is 14.7. The summed E-state index contributed by atoms with van der Waals surface area (Å²) in [5.74, 6) is -1.46. The maximum Gasteiger partial charge on any atom is 0.411 e. The Morgan fingerprint density at radius 2 is 1.60 bits per heavy atom. The first-order chi connectivity index (χ1) is 16.8. The topological polar surface area (TPSA) is 105 Å². The normalized spacial score (nSPS) is 15.0. The lowest BCUT2D eigenvalue weighted by Gasteiger charge is -2.17. The number of carboxylic acid groups (broad SMARTS) is 1. The quantitative estimate of drug-likeness (QED) is 0.409. The molecule has 0 bridgehead atoms. The summed E-state index contributed by atoms with van der Waals surface area (Å²) in [6.07, 6.45) is 0.417. The van der Waals surface area contributed by atoms with Crippen LogP contribution in [-0.2, 0) is 9.53 Å². The number of carbonyl (C=O) groups is 3. The molecule has 1 fully saturated rings. The van der Waals surface area contributed by atoms with E-state index >= 15 is 0 Å². The van der Waals surface area contributed by atoms with Gasteiger partial charge < -0.3 is 15.2 Å².